The normalized spacial score (nSPS) is 23.8. The molecule has 0 bridgehead atoms. The van der Waals surface area contributed by atoms with E-state index in [1.165, 1.54) is 69.2 Å². The number of fused-ring (bicyclic) bond motifs is 2. The summed E-state index contributed by atoms with van der Waals surface area (Å²) < 4.78 is 83.1. The standard InChI is InChI=1S/C24H29F3N2O2.C23H27F3N2O2/c1-16-5-9-21(12-16)29-11-3-4-20(15-29)23(28-30-2)19-7-6-18-14-22(31-24(25,26)27)10-8-17(18)13-19;1-29-27-22(19-5-4-12-28(15-19)20-6-2-3-7-20)18-9-8-17-14-21(30-23(24,25)26)11-10-16(17)13-18/h6-8,10,13-14,16,20-21H,3-5,9,11-12,15H2,1-2H3;8-11,13-14,19-20H,2-7,12,15H2,1H3/b28-23-;27-22-. The Morgan fingerprint density at radius 2 is 0.984 bits per heavy atom. The molecule has 8 nitrogen and oxygen atoms in total. The minimum atomic E-state index is -4.70. The monoisotopic (exact) mass is 854 g/mol. The number of likely N-dealkylation sites (tertiary alicyclic amines) is 2. The van der Waals surface area contributed by atoms with E-state index < -0.39 is 12.7 Å². The van der Waals surface area contributed by atoms with Crippen molar-refractivity contribution >= 4 is 33.0 Å². The maximum absolute atomic E-state index is 12.5. The van der Waals surface area contributed by atoms with Gasteiger partial charge in [-0.3, -0.25) is 9.80 Å². The fourth-order valence-electron chi connectivity index (χ4n) is 9.98. The molecule has 8 rings (SSSR count). The fraction of sp³-hybridized carbons (Fsp3) is 0.532. The van der Waals surface area contributed by atoms with Gasteiger partial charge in [-0.2, -0.15) is 0 Å². The Morgan fingerprint density at radius 3 is 1.41 bits per heavy atom. The first-order valence-corrected chi connectivity index (χ1v) is 21.5. The first-order valence-electron chi connectivity index (χ1n) is 21.5. The first-order chi connectivity index (χ1) is 29.2. The van der Waals surface area contributed by atoms with Crippen LogP contribution in [-0.2, 0) is 9.68 Å². The van der Waals surface area contributed by atoms with Crippen LogP contribution in [0.1, 0.15) is 88.7 Å². The largest absolute Gasteiger partial charge is 0.573 e. The van der Waals surface area contributed by atoms with E-state index in [0.29, 0.717) is 22.9 Å². The number of halogens is 6. The Balaban J connectivity index is 0.000000184. The molecule has 14 heteroatoms. The number of alkyl halides is 6. The van der Waals surface area contributed by atoms with Gasteiger partial charge in [-0.15, -0.1) is 26.3 Å². The molecule has 0 N–H and O–H groups in total. The molecule has 2 aliphatic heterocycles. The lowest BCUT2D eigenvalue weighted by atomic mass is 9.87. The molecule has 4 atom stereocenters. The third-order valence-corrected chi connectivity index (χ3v) is 12.8. The number of nitrogens with zero attached hydrogens (tertiary/aromatic N) is 4. The molecule has 0 spiro atoms. The lowest BCUT2D eigenvalue weighted by Gasteiger charge is -2.37. The molecular formula is C47H56F6N4O4. The number of oxime groups is 2. The highest BCUT2D eigenvalue weighted by Gasteiger charge is 2.35. The summed E-state index contributed by atoms with van der Waals surface area (Å²) in [5, 5.41) is 11.8. The third kappa shape index (κ3) is 11.9. The van der Waals surface area contributed by atoms with E-state index >= 15 is 0 Å². The van der Waals surface area contributed by atoms with E-state index in [-0.39, 0.29) is 23.3 Å². The van der Waals surface area contributed by atoms with Gasteiger partial charge >= 0.3 is 12.7 Å². The predicted octanol–water partition coefficient (Wildman–Crippen LogP) is 11.7. The molecule has 2 aliphatic carbocycles. The molecule has 330 valence electrons. The Hall–Kier alpha value is -4.56. The van der Waals surface area contributed by atoms with Crippen molar-refractivity contribution in [2.24, 2.45) is 28.1 Å². The highest BCUT2D eigenvalue weighted by atomic mass is 19.4. The van der Waals surface area contributed by atoms with Gasteiger partial charge in [0, 0.05) is 48.1 Å². The molecule has 2 heterocycles. The number of benzene rings is 4. The Bertz CT molecular complexity index is 2150. The van der Waals surface area contributed by atoms with Gasteiger partial charge in [-0.05, 0) is 135 Å². The van der Waals surface area contributed by atoms with E-state index in [9.17, 15) is 26.3 Å². The van der Waals surface area contributed by atoms with Crippen LogP contribution in [0.5, 0.6) is 11.5 Å². The smallest absolute Gasteiger partial charge is 0.406 e. The lowest BCUT2D eigenvalue weighted by Crippen LogP contribution is -2.44. The van der Waals surface area contributed by atoms with E-state index in [1.807, 2.05) is 36.4 Å². The van der Waals surface area contributed by atoms with Crippen LogP contribution >= 0.6 is 0 Å². The van der Waals surface area contributed by atoms with Gasteiger partial charge in [0.25, 0.3) is 0 Å². The van der Waals surface area contributed by atoms with Crippen LogP contribution in [-0.4, -0.2) is 86.4 Å². The number of hydrogen-bond acceptors (Lipinski definition) is 8. The molecule has 2 saturated heterocycles. The van der Waals surface area contributed by atoms with E-state index in [2.05, 4.69) is 36.5 Å². The molecule has 4 fully saturated rings. The van der Waals surface area contributed by atoms with Gasteiger partial charge in [0.2, 0.25) is 0 Å². The second-order valence-corrected chi connectivity index (χ2v) is 17.0. The van der Waals surface area contributed by atoms with Gasteiger partial charge in [0.1, 0.15) is 25.7 Å². The first kappa shape index (κ1) is 44.5. The van der Waals surface area contributed by atoms with Crippen molar-refractivity contribution < 1.29 is 45.5 Å². The molecule has 4 aromatic carbocycles. The molecular weight excluding hydrogens is 799 g/mol. The minimum absolute atomic E-state index is 0.215. The van der Waals surface area contributed by atoms with Crippen molar-refractivity contribution in [1.29, 1.82) is 0 Å². The van der Waals surface area contributed by atoms with Gasteiger partial charge in [-0.1, -0.05) is 66.5 Å². The summed E-state index contributed by atoms with van der Waals surface area (Å²) >= 11 is 0. The highest BCUT2D eigenvalue weighted by molar-refractivity contribution is 6.05. The second-order valence-electron chi connectivity index (χ2n) is 17.0. The van der Waals surface area contributed by atoms with E-state index in [1.54, 1.807) is 26.4 Å². The molecule has 4 aromatic rings. The second kappa shape index (κ2) is 19.7. The van der Waals surface area contributed by atoms with E-state index in [4.69, 9.17) is 9.68 Å². The van der Waals surface area contributed by atoms with E-state index in [0.717, 1.165) is 91.1 Å². The minimum Gasteiger partial charge on any atom is -0.406 e. The van der Waals surface area contributed by atoms with Crippen LogP contribution < -0.4 is 9.47 Å². The molecule has 0 aromatic heterocycles. The summed E-state index contributed by atoms with van der Waals surface area (Å²) in [6.45, 7) is 6.55. The molecule has 0 radical (unpaired) electrons. The summed E-state index contributed by atoms with van der Waals surface area (Å²) in [5.74, 6) is 0.920. The average Bonchev–Trinajstić information content (AvgIpc) is 3.94. The number of hydrogen-bond donors (Lipinski definition) is 0. The SMILES string of the molecule is CO/N=C(/c1ccc2cc(OC(F)(F)F)ccc2c1)C1CCCN(C2CCC(C)C2)C1.CO/N=C(/c1ccc2cc(OC(F)(F)F)ccc2c1)C1CCCN(C2CCCC2)C1. The van der Waals surface area contributed by atoms with Crippen molar-refractivity contribution in [3.8, 4) is 11.5 Å². The van der Waals surface area contributed by atoms with Crippen molar-refractivity contribution in [3.63, 3.8) is 0 Å². The van der Waals surface area contributed by atoms with Crippen LogP contribution in [0.15, 0.2) is 83.1 Å². The fourth-order valence-corrected chi connectivity index (χ4v) is 9.98. The average molecular weight is 855 g/mol. The van der Waals surface area contributed by atoms with Gasteiger partial charge in [0.05, 0.1) is 11.4 Å². The topological polar surface area (TPSA) is 68.1 Å². The molecule has 61 heavy (non-hydrogen) atoms. The zero-order valence-corrected chi connectivity index (χ0v) is 35.1. The molecule has 4 unspecified atom stereocenters. The zero-order valence-electron chi connectivity index (χ0n) is 35.1. The quantitative estimate of drug-likeness (QED) is 0.0899. The summed E-state index contributed by atoms with van der Waals surface area (Å²) in [5.41, 5.74) is 3.73. The summed E-state index contributed by atoms with van der Waals surface area (Å²) in [6.07, 6.45) is 4.00. The summed E-state index contributed by atoms with van der Waals surface area (Å²) in [7, 11) is 3.11. The van der Waals surface area contributed by atoms with Crippen molar-refractivity contribution in [1.82, 2.24) is 9.80 Å². The highest BCUT2D eigenvalue weighted by Crippen LogP contribution is 2.35. The number of rotatable bonds is 10. The Labute approximate surface area is 353 Å². The maximum Gasteiger partial charge on any atom is 0.573 e. The summed E-state index contributed by atoms with van der Waals surface area (Å²) in [6, 6.07) is 21.5. The van der Waals surface area contributed by atoms with Crippen LogP contribution in [0.25, 0.3) is 21.5 Å². The molecule has 0 amide bonds. The zero-order chi connectivity index (χ0) is 43.1. The number of piperidine rings is 2. The Morgan fingerprint density at radius 1 is 0.541 bits per heavy atom. The number of ether oxygens (including phenoxy) is 2. The van der Waals surface area contributed by atoms with Crippen LogP contribution in [0.3, 0.4) is 0 Å². The van der Waals surface area contributed by atoms with Crippen LogP contribution in [0.2, 0.25) is 0 Å². The van der Waals surface area contributed by atoms with Crippen molar-refractivity contribution in [2.45, 2.75) is 102 Å². The lowest BCUT2D eigenvalue weighted by molar-refractivity contribution is -0.275. The molecule has 4 aliphatic rings. The molecule has 2 saturated carbocycles. The Kier molecular flexibility index (Phi) is 14.3. The maximum atomic E-state index is 12.5. The van der Waals surface area contributed by atoms with Gasteiger partial charge < -0.3 is 19.1 Å². The third-order valence-electron chi connectivity index (χ3n) is 12.8. The van der Waals surface area contributed by atoms with Crippen LogP contribution in [0.4, 0.5) is 26.3 Å². The van der Waals surface area contributed by atoms with Gasteiger partial charge in [0.15, 0.2) is 0 Å². The van der Waals surface area contributed by atoms with Crippen molar-refractivity contribution in [3.05, 3.63) is 83.9 Å². The van der Waals surface area contributed by atoms with Crippen LogP contribution in [0, 0.1) is 17.8 Å². The predicted molar refractivity (Wildman–Crippen MR) is 226 cm³/mol. The summed E-state index contributed by atoms with van der Waals surface area (Å²) in [4.78, 5) is 15.6. The van der Waals surface area contributed by atoms with Crippen molar-refractivity contribution in [2.75, 3.05) is 40.4 Å². The van der Waals surface area contributed by atoms with Gasteiger partial charge in [-0.25, -0.2) is 0 Å².